The second-order valence-corrected chi connectivity index (χ2v) is 7.65. The minimum absolute atomic E-state index is 0.0834. The molecule has 1 atom stereocenters. The van der Waals surface area contributed by atoms with E-state index in [1.165, 1.54) is 16.7 Å². The molecular weight excluding hydrogens is 348 g/mol. The summed E-state index contributed by atoms with van der Waals surface area (Å²) in [6, 6.07) is 19.4. The van der Waals surface area contributed by atoms with E-state index in [0.717, 1.165) is 45.0 Å². The van der Waals surface area contributed by atoms with Crippen molar-refractivity contribution in [1.82, 2.24) is 30.0 Å². The van der Waals surface area contributed by atoms with Crippen molar-refractivity contribution in [2.75, 3.05) is 33.2 Å². The van der Waals surface area contributed by atoms with Gasteiger partial charge in [-0.3, -0.25) is 4.90 Å². The Kier molecular flexibility index (Phi) is 5.78. The lowest BCUT2D eigenvalue weighted by atomic mass is 10.0. The number of nitrogens with zero attached hydrogens (tertiary/aromatic N) is 6. The minimum Gasteiger partial charge on any atom is -0.304 e. The molecule has 0 radical (unpaired) electrons. The highest BCUT2D eigenvalue weighted by atomic mass is 15.5. The molecule has 1 unspecified atom stereocenters. The number of benzene rings is 2. The number of hydrogen-bond donors (Lipinski definition) is 0. The van der Waals surface area contributed by atoms with Crippen molar-refractivity contribution in [2.24, 2.45) is 0 Å². The molecule has 1 aliphatic heterocycles. The minimum atomic E-state index is 0.0834. The van der Waals surface area contributed by atoms with Gasteiger partial charge < -0.3 is 4.90 Å². The van der Waals surface area contributed by atoms with Crippen molar-refractivity contribution in [2.45, 2.75) is 25.9 Å². The van der Waals surface area contributed by atoms with Gasteiger partial charge >= 0.3 is 0 Å². The molecule has 2 aromatic carbocycles. The van der Waals surface area contributed by atoms with E-state index < -0.39 is 0 Å². The molecule has 4 rings (SSSR count). The summed E-state index contributed by atoms with van der Waals surface area (Å²) in [7, 11) is 2.18. The van der Waals surface area contributed by atoms with Gasteiger partial charge in [-0.05, 0) is 41.9 Å². The van der Waals surface area contributed by atoms with Gasteiger partial charge in [0.2, 0.25) is 0 Å². The van der Waals surface area contributed by atoms with Crippen molar-refractivity contribution < 1.29 is 0 Å². The predicted molar refractivity (Wildman–Crippen MR) is 110 cm³/mol. The normalized spacial score (nSPS) is 16.9. The Hall–Kier alpha value is -2.57. The van der Waals surface area contributed by atoms with Gasteiger partial charge in [0.15, 0.2) is 5.82 Å². The first-order valence-corrected chi connectivity index (χ1v) is 10.00. The molecule has 0 aliphatic carbocycles. The lowest BCUT2D eigenvalue weighted by Gasteiger charge is -2.37. The van der Waals surface area contributed by atoms with Crippen LogP contribution in [0.4, 0.5) is 0 Å². The number of aryl methyl sites for hydroxylation is 3. The average molecular weight is 377 g/mol. The first kappa shape index (κ1) is 18.8. The van der Waals surface area contributed by atoms with Crippen molar-refractivity contribution in [3.05, 3.63) is 77.1 Å². The third-order valence-corrected chi connectivity index (χ3v) is 5.56. The Morgan fingerprint density at radius 1 is 0.929 bits per heavy atom. The number of rotatable bonds is 6. The number of hydrogen-bond acceptors (Lipinski definition) is 5. The zero-order valence-corrected chi connectivity index (χ0v) is 16.7. The maximum absolute atomic E-state index is 4.47. The first-order chi connectivity index (χ1) is 13.7. The van der Waals surface area contributed by atoms with Crippen LogP contribution in [-0.4, -0.2) is 63.2 Å². The Bertz CT molecular complexity index is 866. The van der Waals surface area contributed by atoms with Crippen LogP contribution in [0.2, 0.25) is 0 Å². The molecule has 1 saturated heterocycles. The fourth-order valence-electron chi connectivity index (χ4n) is 3.80. The standard InChI is InChI=1S/C22H28N6/c1-18-8-10-20(11-9-18)21(27-16-14-26(2)15-17-27)22-23-24-25-28(22)13-12-19-6-4-3-5-7-19/h3-11,21H,12-17H2,1-2H3. The van der Waals surface area contributed by atoms with Gasteiger partial charge in [0.25, 0.3) is 0 Å². The third kappa shape index (κ3) is 4.29. The monoisotopic (exact) mass is 376 g/mol. The molecule has 0 saturated carbocycles. The Balaban J connectivity index is 1.61. The van der Waals surface area contributed by atoms with Crippen LogP contribution < -0.4 is 0 Å². The maximum atomic E-state index is 4.47. The molecule has 3 aromatic rings. The molecule has 0 spiro atoms. The SMILES string of the molecule is Cc1ccc(C(c2nnnn2CCc2ccccc2)N2CCN(C)CC2)cc1. The molecule has 1 aliphatic rings. The summed E-state index contributed by atoms with van der Waals surface area (Å²) >= 11 is 0. The third-order valence-electron chi connectivity index (χ3n) is 5.56. The number of piperazine rings is 1. The highest BCUT2D eigenvalue weighted by Crippen LogP contribution is 2.28. The van der Waals surface area contributed by atoms with Crippen LogP contribution in [-0.2, 0) is 13.0 Å². The zero-order chi connectivity index (χ0) is 19.3. The van der Waals surface area contributed by atoms with Gasteiger partial charge in [0, 0.05) is 32.7 Å². The molecule has 0 amide bonds. The summed E-state index contributed by atoms with van der Waals surface area (Å²) in [6.45, 7) is 7.06. The van der Waals surface area contributed by atoms with Gasteiger partial charge in [-0.2, -0.15) is 0 Å². The highest BCUT2D eigenvalue weighted by molar-refractivity contribution is 5.28. The van der Waals surface area contributed by atoms with E-state index in [-0.39, 0.29) is 6.04 Å². The smallest absolute Gasteiger partial charge is 0.173 e. The summed E-state index contributed by atoms with van der Waals surface area (Å²) in [6.07, 6.45) is 0.919. The number of aromatic nitrogens is 4. The number of likely N-dealkylation sites (N-methyl/N-ethyl adjacent to an activating group) is 1. The van der Waals surface area contributed by atoms with Crippen LogP contribution in [0.3, 0.4) is 0 Å². The molecule has 28 heavy (non-hydrogen) atoms. The molecular formula is C22H28N6. The summed E-state index contributed by atoms with van der Waals surface area (Å²) < 4.78 is 1.98. The van der Waals surface area contributed by atoms with Crippen LogP contribution in [0.25, 0.3) is 0 Å². The van der Waals surface area contributed by atoms with Crippen LogP contribution in [0.15, 0.2) is 54.6 Å². The molecule has 0 N–H and O–H groups in total. The van der Waals surface area contributed by atoms with E-state index in [4.69, 9.17) is 0 Å². The van der Waals surface area contributed by atoms with Crippen LogP contribution >= 0.6 is 0 Å². The second kappa shape index (κ2) is 8.63. The van der Waals surface area contributed by atoms with Gasteiger partial charge in [-0.15, -0.1) is 5.10 Å². The molecule has 6 heteroatoms. The second-order valence-electron chi connectivity index (χ2n) is 7.65. The quantitative estimate of drug-likeness (QED) is 0.662. The lowest BCUT2D eigenvalue weighted by Crippen LogP contribution is -2.46. The fraction of sp³-hybridized carbons (Fsp3) is 0.409. The van der Waals surface area contributed by atoms with Crippen LogP contribution in [0, 0.1) is 6.92 Å². The van der Waals surface area contributed by atoms with Gasteiger partial charge in [-0.25, -0.2) is 4.68 Å². The summed E-state index contributed by atoms with van der Waals surface area (Å²) in [4.78, 5) is 4.89. The van der Waals surface area contributed by atoms with Crippen LogP contribution in [0.5, 0.6) is 0 Å². The van der Waals surface area contributed by atoms with E-state index in [1.807, 2.05) is 10.7 Å². The highest BCUT2D eigenvalue weighted by Gasteiger charge is 2.29. The van der Waals surface area contributed by atoms with E-state index in [2.05, 4.69) is 87.8 Å². The Morgan fingerprint density at radius 3 is 2.36 bits per heavy atom. The topological polar surface area (TPSA) is 50.1 Å². The largest absolute Gasteiger partial charge is 0.304 e. The van der Waals surface area contributed by atoms with Crippen molar-refractivity contribution in [1.29, 1.82) is 0 Å². The maximum Gasteiger partial charge on any atom is 0.173 e. The van der Waals surface area contributed by atoms with E-state index in [9.17, 15) is 0 Å². The van der Waals surface area contributed by atoms with Gasteiger partial charge in [-0.1, -0.05) is 60.2 Å². The molecule has 1 aromatic heterocycles. The molecule has 6 nitrogen and oxygen atoms in total. The predicted octanol–water partition coefficient (Wildman–Crippen LogP) is 2.56. The molecule has 146 valence electrons. The van der Waals surface area contributed by atoms with Crippen molar-refractivity contribution in [3.63, 3.8) is 0 Å². The van der Waals surface area contributed by atoms with E-state index >= 15 is 0 Å². The van der Waals surface area contributed by atoms with Gasteiger partial charge in [0.1, 0.15) is 0 Å². The summed E-state index contributed by atoms with van der Waals surface area (Å²) in [5, 5.41) is 12.8. The average Bonchev–Trinajstić information content (AvgIpc) is 3.18. The fourth-order valence-corrected chi connectivity index (χ4v) is 3.80. The van der Waals surface area contributed by atoms with Crippen LogP contribution in [0.1, 0.15) is 28.6 Å². The molecule has 0 bridgehead atoms. The zero-order valence-electron chi connectivity index (χ0n) is 16.7. The van der Waals surface area contributed by atoms with Gasteiger partial charge in [0.05, 0.1) is 6.04 Å². The van der Waals surface area contributed by atoms with Crippen molar-refractivity contribution in [3.8, 4) is 0 Å². The summed E-state index contributed by atoms with van der Waals surface area (Å²) in [5.41, 5.74) is 3.82. The summed E-state index contributed by atoms with van der Waals surface area (Å²) in [5.74, 6) is 0.935. The van der Waals surface area contributed by atoms with Crippen molar-refractivity contribution >= 4 is 0 Å². The van der Waals surface area contributed by atoms with E-state index in [1.54, 1.807) is 0 Å². The molecule has 2 heterocycles. The van der Waals surface area contributed by atoms with E-state index in [0.29, 0.717) is 0 Å². The first-order valence-electron chi connectivity index (χ1n) is 10.00. The number of tetrazole rings is 1. The molecule has 1 fully saturated rings. The lowest BCUT2D eigenvalue weighted by molar-refractivity contribution is 0.121. The Labute approximate surface area is 166 Å². The Morgan fingerprint density at radius 2 is 1.64 bits per heavy atom.